The fourth-order valence-electron chi connectivity index (χ4n) is 2.18. The van der Waals surface area contributed by atoms with Gasteiger partial charge in [-0.25, -0.2) is 0 Å². The van der Waals surface area contributed by atoms with Crippen molar-refractivity contribution in [2.45, 2.75) is 44.3 Å². The summed E-state index contributed by atoms with van der Waals surface area (Å²) in [5, 5.41) is 8.63. The summed E-state index contributed by atoms with van der Waals surface area (Å²) in [6.45, 7) is 2.08. The Labute approximate surface area is 67.2 Å². The number of nitriles is 1. The molecule has 11 heavy (non-hydrogen) atoms. The maximum Gasteiger partial charge on any atom is 0.173 e. The highest BCUT2D eigenvalue weighted by Crippen LogP contribution is 2.48. The van der Waals surface area contributed by atoms with E-state index in [0.29, 0.717) is 5.92 Å². The monoisotopic (exact) mass is 151 g/mol. The summed E-state index contributed by atoms with van der Waals surface area (Å²) in [6.07, 6.45) is 5.05. The van der Waals surface area contributed by atoms with Crippen LogP contribution in [0.25, 0.3) is 0 Å². The van der Waals surface area contributed by atoms with Gasteiger partial charge in [0.2, 0.25) is 0 Å². The van der Waals surface area contributed by atoms with Gasteiger partial charge in [0.05, 0.1) is 6.07 Å². The lowest BCUT2D eigenvalue weighted by Gasteiger charge is -2.12. The lowest BCUT2D eigenvalue weighted by molar-refractivity contribution is 0.236. The highest BCUT2D eigenvalue weighted by Gasteiger charge is 2.58. The van der Waals surface area contributed by atoms with Crippen LogP contribution in [0.3, 0.4) is 0 Å². The fraction of sp³-hybridized carbons (Fsp3) is 0.889. The van der Waals surface area contributed by atoms with Gasteiger partial charge in [-0.2, -0.15) is 5.26 Å². The van der Waals surface area contributed by atoms with Crippen molar-refractivity contribution < 1.29 is 4.74 Å². The molecule has 1 saturated heterocycles. The summed E-state index contributed by atoms with van der Waals surface area (Å²) >= 11 is 0. The van der Waals surface area contributed by atoms with E-state index in [0.717, 1.165) is 0 Å². The first-order valence-electron chi connectivity index (χ1n) is 4.35. The minimum absolute atomic E-state index is 0.0642. The van der Waals surface area contributed by atoms with E-state index < -0.39 is 0 Å². The van der Waals surface area contributed by atoms with Gasteiger partial charge in [-0.15, -0.1) is 0 Å². The average Bonchev–Trinajstić information content (AvgIpc) is 2.55. The van der Waals surface area contributed by atoms with Gasteiger partial charge in [0, 0.05) is 0 Å². The zero-order valence-electron chi connectivity index (χ0n) is 6.84. The van der Waals surface area contributed by atoms with Crippen molar-refractivity contribution in [2.75, 3.05) is 0 Å². The standard InChI is InChI=1S/C9H13NO/c1-9(8(6-10)11-9)7-4-2-3-5-7/h7-8H,2-5H2,1H3. The molecule has 0 amide bonds. The molecule has 0 spiro atoms. The van der Waals surface area contributed by atoms with E-state index in [9.17, 15) is 0 Å². The second-order valence-corrected chi connectivity index (χ2v) is 3.79. The largest absolute Gasteiger partial charge is 0.350 e. The molecule has 2 aliphatic rings. The van der Waals surface area contributed by atoms with Crippen LogP contribution in [-0.4, -0.2) is 11.7 Å². The Bertz CT molecular complexity index is 202. The molecule has 60 valence electrons. The van der Waals surface area contributed by atoms with E-state index in [2.05, 4.69) is 13.0 Å². The van der Waals surface area contributed by atoms with Crippen molar-refractivity contribution in [3.63, 3.8) is 0 Å². The van der Waals surface area contributed by atoms with Crippen LogP contribution in [0, 0.1) is 17.2 Å². The van der Waals surface area contributed by atoms with Crippen LogP contribution in [-0.2, 0) is 4.74 Å². The fourth-order valence-corrected chi connectivity index (χ4v) is 2.18. The summed E-state index contributed by atoms with van der Waals surface area (Å²) < 4.78 is 5.38. The average molecular weight is 151 g/mol. The second kappa shape index (κ2) is 2.22. The summed E-state index contributed by atoms with van der Waals surface area (Å²) in [5.41, 5.74) is -0.0642. The maximum atomic E-state index is 8.63. The van der Waals surface area contributed by atoms with Crippen LogP contribution < -0.4 is 0 Å². The number of rotatable bonds is 1. The molecule has 2 atom stereocenters. The molecule has 1 heterocycles. The van der Waals surface area contributed by atoms with Gasteiger partial charge in [0.15, 0.2) is 6.10 Å². The molecule has 1 aliphatic heterocycles. The van der Waals surface area contributed by atoms with E-state index in [1.807, 2.05) is 0 Å². The number of nitrogens with zero attached hydrogens (tertiary/aromatic N) is 1. The van der Waals surface area contributed by atoms with Gasteiger partial charge in [0.25, 0.3) is 0 Å². The van der Waals surface area contributed by atoms with E-state index >= 15 is 0 Å². The Morgan fingerprint density at radius 1 is 1.45 bits per heavy atom. The SMILES string of the molecule is CC1(C2CCCC2)OC1C#N. The normalized spacial score (nSPS) is 43.8. The van der Waals surface area contributed by atoms with Gasteiger partial charge in [-0.3, -0.25) is 0 Å². The molecule has 0 N–H and O–H groups in total. The van der Waals surface area contributed by atoms with Crippen molar-refractivity contribution in [3.05, 3.63) is 0 Å². The first-order chi connectivity index (χ1) is 5.27. The third-order valence-electron chi connectivity index (χ3n) is 3.12. The number of epoxide rings is 1. The van der Waals surface area contributed by atoms with Gasteiger partial charge >= 0.3 is 0 Å². The van der Waals surface area contributed by atoms with Crippen LogP contribution in [0.4, 0.5) is 0 Å². The molecule has 0 radical (unpaired) electrons. The lowest BCUT2D eigenvalue weighted by atomic mass is 9.90. The van der Waals surface area contributed by atoms with E-state index in [4.69, 9.17) is 10.00 Å². The van der Waals surface area contributed by atoms with Gasteiger partial charge in [0.1, 0.15) is 5.60 Å². The van der Waals surface area contributed by atoms with Crippen LogP contribution in [0.15, 0.2) is 0 Å². The molecule has 0 aromatic rings. The molecule has 2 fully saturated rings. The predicted octanol–water partition coefficient (Wildman–Crippen LogP) is 1.86. The third kappa shape index (κ3) is 0.954. The topological polar surface area (TPSA) is 36.3 Å². The van der Waals surface area contributed by atoms with Crippen molar-refractivity contribution in [2.24, 2.45) is 5.92 Å². The molecule has 0 aromatic heterocycles. The highest BCUT2D eigenvalue weighted by molar-refractivity contribution is 5.14. The molecule has 0 bridgehead atoms. The van der Waals surface area contributed by atoms with Crippen LogP contribution in [0.5, 0.6) is 0 Å². The third-order valence-corrected chi connectivity index (χ3v) is 3.12. The Balaban J connectivity index is 2.01. The minimum atomic E-state index is -0.106. The molecule has 1 aliphatic carbocycles. The second-order valence-electron chi connectivity index (χ2n) is 3.79. The van der Waals surface area contributed by atoms with Crippen molar-refractivity contribution in [3.8, 4) is 6.07 Å². The Morgan fingerprint density at radius 2 is 2.09 bits per heavy atom. The Hall–Kier alpha value is -0.550. The Kier molecular flexibility index (Phi) is 1.43. The first kappa shape index (κ1) is 7.12. The van der Waals surface area contributed by atoms with Gasteiger partial charge in [-0.05, 0) is 25.7 Å². The lowest BCUT2D eigenvalue weighted by Crippen LogP contribution is -2.20. The van der Waals surface area contributed by atoms with Crippen LogP contribution >= 0.6 is 0 Å². The van der Waals surface area contributed by atoms with Gasteiger partial charge in [-0.1, -0.05) is 12.8 Å². The highest BCUT2D eigenvalue weighted by atomic mass is 16.6. The molecular weight excluding hydrogens is 138 g/mol. The van der Waals surface area contributed by atoms with Crippen LogP contribution in [0.1, 0.15) is 32.6 Å². The van der Waals surface area contributed by atoms with Crippen LogP contribution in [0.2, 0.25) is 0 Å². The first-order valence-corrected chi connectivity index (χ1v) is 4.35. The summed E-state index contributed by atoms with van der Waals surface area (Å²) in [5.74, 6) is 0.659. The number of ether oxygens (including phenoxy) is 1. The quantitative estimate of drug-likeness (QED) is 0.536. The molecular formula is C9H13NO. The van der Waals surface area contributed by atoms with Gasteiger partial charge < -0.3 is 4.74 Å². The number of hydrogen-bond donors (Lipinski definition) is 0. The van der Waals surface area contributed by atoms with E-state index in [1.54, 1.807) is 0 Å². The smallest absolute Gasteiger partial charge is 0.173 e. The minimum Gasteiger partial charge on any atom is -0.350 e. The zero-order chi connectivity index (χ0) is 7.90. The zero-order valence-corrected chi connectivity index (χ0v) is 6.84. The Morgan fingerprint density at radius 3 is 2.55 bits per heavy atom. The summed E-state index contributed by atoms with van der Waals surface area (Å²) in [6, 6.07) is 2.18. The predicted molar refractivity (Wildman–Crippen MR) is 40.8 cm³/mol. The van der Waals surface area contributed by atoms with E-state index in [1.165, 1.54) is 25.7 Å². The van der Waals surface area contributed by atoms with E-state index in [-0.39, 0.29) is 11.7 Å². The summed E-state index contributed by atoms with van der Waals surface area (Å²) in [7, 11) is 0. The molecule has 2 unspecified atom stereocenters. The van der Waals surface area contributed by atoms with Crippen molar-refractivity contribution in [1.82, 2.24) is 0 Å². The number of hydrogen-bond acceptors (Lipinski definition) is 2. The maximum absolute atomic E-state index is 8.63. The molecule has 0 aromatic carbocycles. The van der Waals surface area contributed by atoms with Crippen molar-refractivity contribution >= 4 is 0 Å². The molecule has 2 heteroatoms. The molecule has 2 rings (SSSR count). The molecule has 2 nitrogen and oxygen atoms in total. The summed E-state index contributed by atoms with van der Waals surface area (Å²) in [4.78, 5) is 0. The molecule has 1 saturated carbocycles. The van der Waals surface area contributed by atoms with Crippen molar-refractivity contribution in [1.29, 1.82) is 5.26 Å².